The fourth-order valence-electron chi connectivity index (χ4n) is 2.09. The molecular weight excluding hydrogens is 184 g/mol. The second-order valence-electron chi connectivity index (χ2n) is 3.63. The molecule has 0 amide bonds. The zero-order chi connectivity index (χ0) is 10.3. The molecule has 2 heterocycles. The molecule has 14 heavy (non-hydrogen) atoms. The lowest BCUT2D eigenvalue weighted by molar-refractivity contribution is -0.265. The summed E-state index contributed by atoms with van der Waals surface area (Å²) in [7, 11) is 2.92. The summed E-state index contributed by atoms with van der Waals surface area (Å²) in [5, 5.41) is 0. The summed E-state index contributed by atoms with van der Waals surface area (Å²) in [6.07, 6.45) is 3.20. The number of rotatable bonds is 2. The number of carbonyl (C=O) groups excluding carboxylic acids is 1. The molecule has 78 valence electrons. The average molecular weight is 198 g/mol. The first-order valence-corrected chi connectivity index (χ1v) is 4.64. The van der Waals surface area contributed by atoms with Gasteiger partial charge in [0.15, 0.2) is 0 Å². The first-order chi connectivity index (χ1) is 6.65. The van der Waals surface area contributed by atoms with Gasteiger partial charge in [-0.15, -0.1) is 0 Å². The number of Topliss-reactive ketones (excluding diaryl/α,β-unsaturated/α-hetero) is 1. The first kappa shape index (κ1) is 9.83. The lowest BCUT2D eigenvalue weighted by atomic mass is 9.90. The minimum absolute atomic E-state index is 0.0475. The topological polar surface area (TPSA) is 44.8 Å². The zero-order valence-electron chi connectivity index (χ0n) is 8.52. The van der Waals surface area contributed by atoms with Gasteiger partial charge >= 0.3 is 0 Å². The summed E-state index contributed by atoms with van der Waals surface area (Å²) in [5.41, 5.74) is 0. The van der Waals surface area contributed by atoms with Crippen molar-refractivity contribution in [1.82, 2.24) is 0 Å². The highest BCUT2D eigenvalue weighted by molar-refractivity contribution is 5.91. The molecule has 0 N–H and O–H groups in total. The Balaban J connectivity index is 2.39. The minimum Gasteiger partial charge on any atom is -0.360 e. The van der Waals surface area contributed by atoms with Crippen molar-refractivity contribution in [2.45, 2.75) is 24.9 Å². The summed E-state index contributed by atoms with van der Waals surface area (Å²) in [5.74, 6) is -1.51. The molecule has 3 atom stereocenters. The quantitative estimate of drug-likeness (QED) is 0.479. The van der Waals surface area contributed by atoms with Crippen molar-refractivity contribution in [3.8, 4) is 0 Å². The van der Waals surface area contributed by atoms with Crippen LogP contribution >= 0.6 is 0 Å². The van der Waals surface area contributed by atoms with E-state index in [1.165, 1.54) is 14.2 Å². The Morgan fingerprint density at radius 2 is 2.00 bits per heavy atom. The van der Waals surface area contributed by atoms with Crippen molar-refractivity contribution in [3.05, 3.63) is 12.2 Å². The monoisotopic (exact) mass is 198 g/mol. The van der Waals surface area contributed by atoms with E-state index in [-0.39, 0.29) is 17.8 Å². The van der Waals surface area contributed by atoms with Crippen LogP contribution < -0.4 is 0 Å². The van der Waals surface area contributed by atoms with Crippen LogP contribution in [0.4, 0.5) is 0 Å². The molecule has 4 heteroatoms. The molecule has 0 aliphatic carbocycles. The molecule has 4 nitrogen and oxygen atoms in total. The van der Waals surface area contributed by atoms with Crippen LogP contribution in [0.1, 0.15) is 6.92 Å². The number of ketones is 1. The fourth-order valence-corrected chi connectivity index (χ4v) is 2.09. The van der Waals surface area contributed by atoms with Crippen LogP contribution in [-0.4, -0.2) is 38.0 Å². The Kier molecular flexibility index (Phi) is 2.21. The average Bonchev–Trinajstić information content (AvgIpc) is 2.65. The molecule has 2 aliphatic heterocycles. The molecule has 2 rings (SSSR count). The Labute approximate surface area is 82.8 Å². The van der Waals surface area contributed by atoms with Gasteiger partial charge in [0.1, 0.15) is 6.10 Å². The zero-order valence-corrected chi connectivity index (χ0v) is 8.52. The maximum absolute atomic E-state index is 12.0. The van der Waals surface area contributed by atoms with Gasteiger partial charge in [0.25, 0.3) is 5.79 Å². The Bertz CT molecular complexity index is 280. The third kappa shape index (κ3) is 1.02. The summed E-state index contributed by atoms with van der Waals surface area (Å²) >= 11 is 0. The molecule has 0 aromatic heterocycles. The molecule has 1 fully saturated rings. The Morgan fingerprint density at radius 1 is 1.36 bits per heavy atom. The fraction of sp³-hybridized carbons (Fsp3) is 0.700. The summed E-state index contributed by atoms with van der Waals surface area (Å²) in [4.78, 5) is 12.0. The molecule has 0 spiro atoms. The van der Waals surface area contributed by atoms with Gasteiger partial charge in [-0.05, 0) is 0 Å². The number of hydrogen-bond acceptors (Lipinski definition) is 4. The van der Waals surface area contributed by atoms with Crippen molar-refractivity contribution in [2.75, 3.05) is 14.2 Å². The molecular formula is C10H14O4. The van der Waals surface area contributed by atoms with Gasteiger partial charge < -0.3 is 14.2 Å². The van der Waals surface area contributed by atoms with Crippen LogP contribution in [-0.2, 0) is 19.0 Å². The molecule has 1 saturated heterocycles. The van der Waals surface area contributed by atoms with Gasteiger partial charge in [0.05, 0.1) is 12.0 Å². The highest BCUT2D eigenvalue weighted by Crippen LogP contribution is 2.38. The maximum atomic E-state index is 12.0. The van der Waals surface area contributed by atoms with Gasteiger partial charge in [-0.2, -0.15) is 0 Å². The van der Waals surface area contributed by atoms with E-state index >= 15 is 0 Å². The van der Waals surface area contributed by atoms with E-state index in [0.717, 1.165) is 0 Å². The van der Waals surface area contributed by atoms with E-state index in [9.17, 15) is 4.79 Å². The summed E-state index contributed by atoms with van der Waals surface area (Å²) in [6.45, 7) is 1.83. The van der Waals surface area contributed by atoms with E-state index in [2.05, 4.69) is 0 Å². The van der Waals surface area contributed by atoms with Crippen LogP contribution in [0.15, 0.2) is 12.2 Å². The SMILES string of the molecule is COC1(OC)C(=O)C(C)[C@@H]2C=C[C@H]1O2. The van der Waals surface area contributed by atoms with E-state index in [1.54, 1.807) is 0 Å². The third-order valence-electron chi connectivity index (χ3n) is 3.01. The predicted octanol–water partition coefficient (Wildman–Crippen LogP) is 0.518. The summed E-state index contributed by atoms with van der Waals surface area (Å²) in [6, 6.07) is 0. The van der Waals surface area contributed by atoms with Crippen LogP contribution in [0.3, 0.4) is 0 Å². The van der Waals surface area contributed by atoms with E-state index in [1.807, 2.05) is 19.1 Å². The third-order valence-corrected chi connectivity index (χ3v) is 3.01. The first-order valence-electron chi connectivity index (χ1n) is 4.64. The second kappa shape index (κ2) is 3.15. The highest BCUT2D eigenvalue weighted by atomic mass is 16.7. The van der Waals surface area contributed by atoms with Crippen molar-refractivity contribution >= 4 is 5.78 Å². The van der Waals surface area contributed by atoms with Gasteiger partial charge in [0.2, 0.25) is 5.78 Å². The molecule has 0 aromatic rings. The van der Waals surface area contributed by atoms with Crippen molar-refractivity contribution in [2.24, 2.45) is 5.92 Å². The van der Waals surface area contributed by atoms with Gasteiger partial charge in [-0.25, -0.2) is 0 Å². The molecule has 0 saturated carbocycles. The molecule has 2 aliphatic rings. The molecule has 1 unspecified atom stereocenters. The molecule has 0 radical (unpaired) electrons. The van der Waals surface area contributed by atoms with E-state index in [0.29, 0.717) is 0 Å². The number of fused-ring (bicyclic) bond motifs is 2. The second-order valence-corrected chi connectivity index (χ2v) is 3.63. The highest BCUT2D eigenvalue weighted by Gasteiger charge is 2.56. The van der Waals surface area contributed by atoms with Gasteiger partial charge in [-0.1, -0.05) is 19.1 Å². The normalized spacial score (nSPS) is 39.1. The number of ether oxygens (including phenoxy) is 3. The largest absolute Gasteiger partial charge is 0.360 e. The van der Waals surface area contributed by atoms with Crippen LogP contribution in [0, 0.1) is 5.92 Å². The van der Waals surface area contributed by atoms with Gasteiger partial charge in [0, 0.05) is 14.2 Å². The Morgan fingerprint density at radius 3 is 2.57 bits per heavy atom. The molecule has 2 bridgehead atoms. The van der Waals surface area contributed by atoms with Crippen molar-refractivity contribution < 1.29 is 19.0 Å². The van der Waals surface area contributed by atoms with E-state index in [4.69, 9.17) is 14.2 Å². The lowest BCUT2D eigenvalue weighted by Gasteiger charge is -2.40. The van der Waals surface area contributed by atoms with Crippen molar-refractivity contribution in [1.29, 1.82) is 0 Å². The lowest BCUT2D eigenvalue weighted by Crippen LogP contribution is -2.59. The smallest absolute Gasteiger partial charge is 0.259 e. The predicted molar refractivity (Wildman–Crippen MR) is 48.7 cm³/mol. The van der Waals surface area contributed by atoms with Gasteiger partial charge in [-0.3, -0.25) is 4.79 Å². The van der Waals surface area contributed by atoms with Crippen LogP contribution in [0.25, 0.3) is 0 Å². The summed E-state index contributed by atoms with van der Waals surface area (Å²) < 4.78 is 16.0. The minimum atomic E-state index is -1.25. The standard InChI is InChI=1S/C10H14O4/c1-6-7-4-5-8(14-7)10(12-2,13-3)9(6)11/h4-8H,1-3H3/t6?,7-,8+/m0/s1. The van der Waals surface area contributed by atoms with Crippen molar-refractivity contribution in [3.63, 3.8) is 0 Å². The van der Waals surface area contributed by atoms with Crippen LogP contribution in [0.5, 0.6) is 0 Å². The number of hydrogen-bond donors (Lipinski definition) is 0. The van der Waals surface area contributed by atoms with Crippen LogP contribution in [0.2, 0.25) is 0 Å². The maximum Gasteiger partial charge on any atom is 0.259 e. The Hall–Kier alpha value is -0.710. The van der Waals surface area contributed by atoms with E-state index < -0.39 is 11.9 Å². The molecule has 0 aromatic carbocycles. The number of methoxy groups -OCH3 is 2. The number of carbonyl (C=O) groups is 1.